The van der Waals surface area contributed by atoms with E-state index in [-0.39, 0.29) is 12.5 Å². The van der Waals surface area contributed by atoms with Crippen molar-refractivity contribution < 1.29 is 9.59 Å². The number of amides is 2. The van der Waals surface area contributed by atoms with Crippen LogP contribution in [0.25, 0.3) is 0 Å². The van der Waals surface area contributed by atoms with Crippen LogP contribution in [0.1, 0.15) is 16.8 Å². The van der Waals surface area contributed by atoms with E-state index in [1.165, 1.54) is 10.6 Å². The number of nitrogens with two attached hydrogens (primary N) is 2. The van der Waals surface area contributed by atoms with E-state index in [2.05, 4.69) is 44.3 Å². The smallest absolute Gasteiger partial charge is 0.248 e. The lowest BCUT2D eigenvalue weighted by Gasteiger charge is -2.36. The quantitative estimate of drug-likeness (QED) is 0.511. The van der Waals surface area contributed by atoms with Gasteiger partial charge >= 0.3 is 0 Å². The van der Waals surface area contributed by atoms with Crippen molar-refractivity contribution in [1.29, 1.82) is 0 Å². The van der Waals surface area contributed by atoms with Crippen LogP contribution in [0.2, 0.25) is 0 Å². The second-order valence-electron chi connectivity index (χ2n) is 8.36. The average Bonchev–Trinajstić information content (AvgIpc) is 2.84. The first kappa shape index (κ1) is 23.6. The van der Waals surface area contributed by atoms with Crippen LogP contribution in [0, 0.1) is 0 Å². The van der Waals surface area contributed by atoms with E-state index in [1.807, 2.05) is 12.1 Å². The Hall–Kier alpha value is -2.59. The monoisotopic (exact) mass is 468 g/mol. The fourth-order valence-corrected chi connectivity index (χ4v) is 5.41. The lowest BCUT2D eigenvalue weighted by molar-refractivity contribution is -0.119. The number of benzene rings is 2. The molecular weight excluding hydrogens is 436 g/mol. The molecule has 0 aromatic heterocycles. The molecular formula is C24H32N6O2S. The third-order valence-corrected chi connectivity index (χ3v) is 7.30. The molecule has 0 atom stereocenters. The molecule has 2 heterocycles. The molecule has 0 saturated carbocycles. The number of nitrogens with zero attached hydrogens (tertiary/aromatic N) is 3. The molecule has 2 aliphatic heterocycles. The van der Waals surface area contributed by atoms with Gasteiger partial charge in [-0.1, -0.05) is 23.9 Å². The maximum Gasteiger partial charge on any atom is 0.248 e. The number of hydrogen-bond acceptors (Lipinski definition) is 7. The average molecular weight is 469 g/mol. The van der Waals surface area contributed by atoms with Gasteiger partial charge in [0.05, 0.1) is 17.9 Å². The first-order chi connectivity index (χ1) is 16.0. The van der Waals surface area contributed by atoms with E-state index in [0.717, 1.165) is 62.8 Å². The summed E-state index contributed by atoms with van der Waals surface area (Å²) in [5.74, 6) is -0.502. The lowest BCUT2D eigenvalue weighted by Crippen LogP contribution is -2.49. The SMILES string of the molecule is NCC(=O)NCCN1CCN(CCCN2c3ccccc3Sc3ccc(C(N)=O)cc32)CC1. The Balaban J connectivity index is 1.32. The number of para-hydroxylation sites is 1. The van der Waals surface area contributed by atoms with E-state index in [1.54, 1.807) is 17.8 Å². The van der Waals surface area contributed by atoms with Crippen LogP contribution in [-0.2, 0) is 4.79 Å². The van der Waals surface area contributed by atoms with Gasteiger partial charge in [0, 0.05) is 61.2 Å². The van der Waals surface area contributed by atoms with Gasteiger partial charge in [0.1, 0.15) is 0 Å². The summed E-state index contributed by atoms with van der Waals surface area (Å²) in [4.78, 5) is 32.6. The summed E-state index contributed by atoms with van der Waals surface area (Å²) >= 11 is 1.74. The van der Waals surface area contributed by atoms with Crippen molar-refractivity contribution in [2.45, 2.75) is 16.2 Å². The summed E-state index contributed by atoms with van der Waals surface area (Å²) in [5.41, 5.74) is 13.6. The molecule has 1 saturated heterocycles. The van der Waals surface area contributed by atoms with E-state index < -0.39 is 5.91 Å². The lowest BCUT2D eigenvalue weighted by atomic mass is 10.1. The fourth-order valence-electron chi connectivity index (χ4n) is 4.34. The zero-order chi connectivity index (χ0) is 23.2. The van der Waals surface area contributed by atoms with Crippen LogP contribution < -0.4 is 21.7 Å². The molecule has 0 bridgehead atoms. The summed E-state index contributed by atoms with van der Waals surface area (Å²) in [7, 11) is 0. The maximum absolute atomic E-state index is 11.8. The molecule has 176 valence electrons. The molecule has 0 spiro atoms. The standard InChI is InChI=1S/C24H32N6O2S/c25-17-23(31)27-8-11-29-14-12-28(13-15-29)9-3-10-30-19-4-1-2-5-21(19)33-22-7-6-18(24(26)32)16-20(22)30/h1-2,4-7,16H,3,8-15,17,25H2,(H2,26,32)(H,27,31). The molecule has 0 aliphatic carbocycles. The number of anilines is 2. The molecule has 8 nitrogen and oxygen atoms in total. The van der Waals surface area contributed by atoms with Gasteiger partial charge in [-0.3, -0.25) is 14.5 Å². The normalized spacial score (nSPS) is 16.2. The van der Waals surface area contributed by atoms with Gasteiger partial charge in [0.2, 0.25) is 11.8 Å². The number of fused-ring (bicyclic) bond motifs is 2. The third-order valence-electron chi connectivity index (χ3n) is 6.17. The predicted molar refractivity (Wildman–Crippen MR) is 132 cm³/mol. The molecule has 2 aromatic carbocycles. The van der Waals surface area contributed by atoms with Crippen LogP contribution in [-0.4, -0.2) is 80.5 Å². The van der Waals surface area contributed by atoms with Gasteiger partial charge in [0.25, 0.3) is 0 Å². The van der Waals surface area contributed by atoms with E-state index in [0.29, 0.717) is 12.1 Å². The van der Waals surface area contributed by atoms with Gasteiger partial charge in [-0.15, -0.1) is 0 Å². The summed E-state index contributed by atoms with van der Waals surface area (Å²) < 4.78 is 0. The second kappa shape index (κ2) is 11.0. The van der Waals surface area contributed by atoms with Gasteiger partial charge in [-0.25, -0.2) is 0 Å². The van der Waals surface area contributed by atoms with Gasteiger partial charge < -0.3 is 26.6 Å². The number of carbonyl (C=O) groups excluding carboxylic acids is 2. The highest BCUT2D eigenvalue weighted by atomic mass is 32.2. The number of nitrogens with one attached hydrogen (secondary N) is 1. The molecule has 2 amide bonds. The summed E-state index contributed by atoms with van der Waals surface area (Å²) in [5, 5.41) is 2.83. The summed E-state index contributed by atoms with van der Waals surface area (Å²) in [6.45, 7) is 7.52. The van der Waals surface area contributed by atoms with Crippen molar-refractivity contribution in [3.05, 3.63) is 48.0 Å². The topological polar surface area (TPSA) is 108 Å². The first-order valence-corrected chi connectivity index (χ1v) is 12.3. The molecule has 33 heavy (non-hydrogen) atoms. The largest absolute Gasteiger partial charge is 0.366 e. The van der Waals surface area contributed by atoms with Crippen LogP contribution in [0.5, 0.6) is 0 Å². The number of rotatable bonds is 9. The highest BCUT2D eigenvalue weighted by molar-refractivity contribution is 7.99. The Morgan fingerprint density at radius 2 is 1.61 bits per heavy atom. The Bertz CT molecular complexity index is 993. The number of hydrogen-bond donors (Lipinski definition) is 3. The van der Waals surface area contributed by atoms with E-state index in [4.69, 9.17) is 11.5 Å². The number of piperazine rings is 1. The molecule has 2 aliphatic rings. The number of primary amides is 1. The Kier molecular flexibility index (Phi) is 7.87. The van der Waals surface area contributed by atoms with Crippen LogP contribution in [0.3, 0.4) is 0 Å². The predicted octanol–water partition coefficient (Wildman–Crippen LogP) is 1.47. The van der Waals surface area contributed by atoms with Gasteiger partial charge in [-0.2, -0.15) is 0 Å². The minimum atomic E-state index is -0.401. The molecule has 1 fully saturated rings. The van der Waals surface area contributed by atoms with Crippen LogP contribution in [0.15, 0.2) is 52.3 Å². The highest BCUT2D eigenvalue weighted by Crippen LogP contribution is 2.48. The van der Waals surface area contributed by atoms with E-state index in [9.17, 15) is 9.59 Å². The first-order valence-electron chi connectivity index (χ1n) is 11.4. The van der Waals surface area contributed by atoms with Crippen molar-refractivity contribution >= 4 is 35.0 Å². The van der Waals surface area contributed by atoms with Gasteiger partial charge in [-0.05, 0) is 43.3 Å². The zero-order valence-electron chi connectivity index (χ0n) is 18.8. The van der Waals surface area contributed by atoms with E-state index >= 15 is 0 Å². The van der Waals surface area contributed by atoms with Gasteiger partial charge in [0.15, 0.2) is 0 Å². The molecule has 4 rings (SSSR count). The molecule has 5 N–H and O–H groups in total. The summed E-state index contributed by atoms with van der Waals surface area (Å²) in [6.07, 6.45) is 1.02. The second-order valence-corrected chi connectivity index (χ2v) is 9.44. The maximum atomic E-state index is 11.8. The minimum absolute atomic E-state index is 0.0439. The van der Waals surface area contributed by atoms with Crippen molar-refractivity contribution in [2.24, 2.45) is 11.5 Å². The van der Waals surface area contributed by atoms with Crippen molar-refractivity contribution in [2.75, 3.05) is 63.8 Å². The van der Waals surface area contributed by atoms with Crippen molar-refractivity contribution in [1.82, 2.24) is 15.1 Å². The van der Waals surface area contributed by atoms with Crippen LogP contribution in [0.4, 0.5) is 11.4 Å². The Morgan fingerprint density at radius 1 is 0.909 bits per heavy atom. The molecule has 9 heteroatoms. The third kappa shape index (κ3) is 5.86. The Morgan fingerprint density at radius 3 is 2.33 bits per heavy atom. The molecule has 2 aromatic rings. The van der Waals surface area contributed by atoms with Crippen molar-refractivity contribution in [3.8, 4) is 0 Å². The zero-order valence-corrected chi connectivity index (χ0v) is 19.7. The molecule has 0 radical (unpaired) electrons. The van der Waals surface area contributed by atoms with Crippen LogP contribution >= 0.6 is 11.8 Å². The Labute approximate surface area is 199 Å². The molecule has 0 unspecified atom stereocenters. The number of carbonyl (C=O) groups is 2. The fraction of sp³-hybridized carbons (Fsp3) is 0.417. The van der Waals surface area contributed by atoms with Crippen molar-refractivity contribution in [3.63, 3.8) is 0 Å². The summed E-state index contributed by atoms with van der Waals surface area (Å²) in [6, 6.07) is 14.1. The highest BCUT2D eigenvalue weighted by Gasteiger charge is 2.24. The minimum Gasteiger partial charge on any atom is -0.366 e.